The summed E-state index contributed by atoms with van der Waals surface area (Å²) in [6.07, 6.45) is 0.290. The molecular weight excluding hydrogens is 372 g/mol. The molecule has 0 bridgehead atoms. The lowest BCUT2D eigenvalue weighted by Crippen LogP contribution is -2.56. The summed E-state index contributed by atoms with van der Waals surface area (Å²) in [4.78, 5) is 27.9. The molecule has 3 heterocycles. The zero-order chi connectivity index (χ0) is 20.7. The first-order valence-electron chi connectivity index (χ1n) is 9.37. The third kappa shape index (κ3) is 4.78. The van der Waals surface area contributed by atoms with Crippen molar-refractivity contribution >= 4 is 17.8 Å². The fraction of sp³-hybridized carbons (Fsp3) is 0.722. The fourth-order valence-electron chi connectivity index (χ4n) is 3.36. The molecule has 1 aromatic heterocycles. The zero-order valence-electron chi connectivity index (χ0n) is 16.7. The van der Waals surface area contributed by atoms with E-state index >= 15 is 0 Å². The maximum Gasteiger partial charge on any atom is 0.408 e. The summed E-state index contributed by atoms with van der Waals surface area (Å²) in [6.45, 7) is 5.80. The zero-order valence-corrected chi connectivity index (χ0v) is 16.7. The summed E-state index contributed by atoms with van der Waals surface area (Å²) in [5, 5.41) is 7.13. The van der Waals surface area contributed by atoms with E-state index in [1.165, 1.54) is 4.90 Å². The second kappa shape index (κ2) is 7.31. The standard InChI is InChI=1S/C18H27F2N5O3/c1-17(2,3)28-16(27)21-13-6-8-25-14(23(4)15(13)26)9-12(22-25)5-7-24-10-18(19,20)11-24/h9,13H,5-8,10-11H2,1-4H3,(H,21,27). The highest BCUT2D eigenvalue weighted by Crippen LogP contribution is 2.27. The Morgan fingerprint density at radius 3 is 2.68 bits per heavy atom. The molecule has 1 unspecified atom stereocenters. The average molecular weight is 399 g/mol. The van der Waals surface area contributed by atoms with E-state index < -0.39 is 23.7 Å². The van der Waals surface area contributed by atoms with Crippen molar-refractivity contribution in [3.63, 3.8) is 0 Å². The van der Waals surface area contributed by atoms with Crippen molar-refractivity contribution < 1.29 is 23.1 Å². The van der Waals surface area contributed by atoms with Gasteiger partial charge in [0.2, 0.25) is 0 Å². The molecule has 28 heavy (non-hydrogen) atoms. The van der Waals surface area contributed by atoms with Crippen molar-refractivity contribution in [2.45, 2.75) is 57.7 Å². The molecule has 2 aliphatic rings. The van der Waals surface area contributed by atoms with E-state index in [2.05, 4.69) is 10.4 Å². The first-order valence-corrected chi connectivity index (χ1v) is 9.37. The second-order valence-corrected chi connectivity index (χ2v) is 8.42. The normalized spacial score (nSPS) is 22.3. The third-order valence-electron chi connectivity index (χ3n) is 4.70. The van der Waals surface area contributed by atoms with Crippen LogP contribution in [0.3, 0.4) is 0 Å². The van der Waals surface area contributed by atoms with Crippen molar-refractivity contribution in [1.82, 2.24) is 20.0 Å². The van der Waals surface area contributed by atoms with E-state index in [9.17, 15) is 18.4 Å². The van der Waals surface area contributed by atoms with Crippen LogP contribution in [0.5, 0.6) is 0 Å². The maximum atomic E-state index is 12.9. The molecule has 0 aromatic carbocycles. The number of fused-ring (bicyclic) bond motifs is 1. The van der Waals surface area contributed by atoms with Crippen molar-refractivity contribution in [2.75, 3.05) is 31.6 Å². The molecule has 2 aliphatic heterocycles. The van der Waals surface area contributed by atoms with Gasteiger partial charge in [0, 0.05) is 32.6 Å². The molecule has 8 nitrogen and oxygen atoms in total. The molecule has 0 radical (unpaired) electrons. The van der Waals surface area contributed by atoms with Gasteiger partial charge in [-0.25, -0.2) is 18.3 Å². The molecule has 1 fully saturated rings. The van der Waals surface area contributed by atoms with E-state index in [1.807, 2.05) is 0 Å². The summed E-state index contributed by atoms with van der Waals surface area (Å²) >= 11 is 0. The van der Waals surface area contributed by atoms with Gasteiger partial charge in [-0.1, -0.05) is 0 Å². The number of alkyl halides is 2. The molecule has 0 spiro atoms. The molecule has 1 N–H and O–H groups in total. The Morgan fingerprint density at radius 1 is 1.39 bits per heavy atom. The lowest BCUT2D eigenvalue weighted by molar-refractivity contribution is -0.129. The van der Waals surface area contributed by atoms with E-state index in [-0.39, 0.29) is 19.0 Å². The SMILES string of the molecule is CN1C(=O)C(NC(=O)OC(C)(C)C)CCn2nc(CCN3CC(F)(F)C3)cc21. The number of amides is 2. The molecule has 3 rings (SSSR count). The topological polar surface area (TPSA) is 79.7 Å². The molecule has 156 valence electrons. The van der Waals surface area contributed by atoms with E-state index in [0.717, 1.165) is 5.69 Å². The smallest absolute Gasteiger partial charge is 0.408 e. The van der Waals surface area contributed by atoms with Crippen LogP contribution in [-0.4, -0.2) is 70.9 Å². The summed E-state index contributed by atoms with van der Waals surface area (Å²) in [6, 6.07) is 1.10. The molecule has 10 heteroatoms. The number of aryl methyl sites for hydroxylation is 1. The molecule has 0 aliphatic carbocycles. The van der Waals surface area contributed by atoms with Gasteiger partial charge in [0.25, 0.3) is 11.8 Å². The van der Waals surface area contributed by atoms with Crippen LogP contribution in [-0.2, 0) is 22.5 Å². The highest BCUT2D eigenvalue weighted by molar-refractivity contribution is 5.98. The Morgan fingerprint density at radius 2 is 2.07 bits per heavy atom. The average Bonchev–Trinajstić information content (AvgIpc) is 2.90. The van der Waals surface area contributed by atoms with Crippen LogP contribution < -0.4 is 10.2 Å². The second-order valence-electron chi connectivity index (χ2n) is 8.42. The van der Waals surface area contributed by atoms with E-state index in [4.69, 9.17) is 4.74 Å². The van der Waals surface area contributed by atoms with Crippen molar-refractivity contribution in [1.29, 1.82) is 0 Å². The van der Waals surface area contributed by atoms with Crippen LogP contribution in [0.1, 0.15) is 32.9 Å². The number of carbonyl (C=O) groups excluding carboxylic acids is 2. The van der Waals surface area contributed by atoms with E-state index in [1.54, 1.807) is 43.5 Å². The van der Waals surface area contributed by atoms with Gasteiger partial charge < -0.3 is 10.1 Å². The van der Waals surface area contributed by atoms with Crippen LogP contribution in [0.15, 0.2) is 6.07 Å². The summed E-state index contributed by atoms with van der Waals surface area (Å²) < 4.78 is 32.8. The van der Waals surface area contributed by atoms with Crippen LogP contribution in [0.4, 0.5) is 19.4 Å². The minimum Gasteiger partial charge on any atom is -0.444 e. The lowest BCUT2D eigenvalue weighted by Gasteiger charge is -2.38. The van der Waals surface area contributed by atoms with Gasteiger partial charge in [0.1, 0.15) is 17.5 Å². The predicted octanol–water partition coefficient (Wildman–Crippen LogP) is 1.64. The van der Waals surface area contributed by atoms with Crippen LogP contribution in [0.2, 0.25) is 0 Å². The first kappa shape index (κ1) is 20.5. The van der Waals surface area contributed by atoms with Crippen molar-refractivity contribution in [3.8, 4) is 0 Å². The van der Waals surface area contributed by atoms with Gasteiger partial charge >= 0.3 is 6.09 Å². The number of hydrogen-bond donors (Lipinski definition) is 1. The molecular formula is C18H27F2N5O3. The minimum atomic E-state index is -2.58. The molecule has 1 aromatic rings. The Kier molecular flexibility index (Phi) is 5.35. The summed E-state index contributed by atoms with van der Waals surface area (Å²) in [5.74, 6) is -2.20. The lowest BCUT2D eigenvalue weighted by atomic mass is 10.1. The van der Waals surface area contributed by atoms with Gasteiger partial charge in [-0.2, -0.15) is 5.10 Å². The summed E-state index contributed by atoms with van der Waals surface area (Å²) in [7, 11) is 1.63. The Bertz CT molecular complexity index is 751. The maximum absolute atomic E-state index is 12.9. The predicted molar refractivity (Wildman–Crippen MR) is 98.5 cm³/mol. The van der Waals surface area contributed by atoms with Crippen LogP contribution >= 0.6 is 0 Å². The number of carbonyl (C=O) groups is 2. The fourth-order valence-corrected chi connectivity index (χ4v) is 3.36. The number of nitrogens with zero attached hydrogens (tertiary/aromatic N) is 4. The van der Waals surface area contributed by atoms with Crippen LogP contribution in [0, 0.1) is 0 Å². The highest BCUT2D eigenvalue weighted by atomic mass is 19.3. The van der Waals surface area contributed by atoms with Gasteiger partial charge in [-0.05, 0) is 27.2 Å². The van der Waals surface area contributed by atoms with Gasteiger partial charge in [-0.3, -0.25) is 14.6 Å². The number of hydrogen-bond acceptors (Lipinski definition) is 5. The number of likely N-dealkylation sites (N-methyl/N-ethyl adjacent to an activating group) is 1. The number of likely N-dealkylation sites (tertiary alicyclic amines) is 1. The quantitative estimate of drug-likeness (QED) is 0.833. The Labute approximate surface area is 162 Å². The van der Waals surface area contributed by atoms with Gasteiger partial charge in [0.05, 0.1) is 18.8 Å². The molecule has 0 saturated carbocycles. The number of rotatable bonds is 4. The van der Waals surface area contributed by atoms with Crippen molar-refractivity contribution in [3.05, 3.63) is 11.8 Å². The number of ether oxygens (including phenoxy) is 1. The van der Waals surface area contributed by atoms with Crippen LogP contribution in [0.25, 0.3) is 0 Å². The Balaban J connectivity index is 1.59. The number of alkyl carbamates (subject to hydrolysis) is 1. The van der Waals surface area contributed by atoms with Crippen molar-refractivity contribution in [2.24, 2.45) is 0 Å². The number of aromatic nitrogens is 2. The summed E-state index contributed by atoms with van der Waals surface area (Å²) in [5.41, 5.74) is 0.106. The number of anilines is 1. The van der Waals surface area contributed by atoms with E-state index in [0.29, 0.717) is 31.7 Å². The minimum absolute atomic E-state index is 0.211. The highest BCUT2D eigenvalue weighted by Gasteiger charge is 2.43. The number of halogens is 2. The molecule has 2 amide bonds. The largest absolute Gasteiger partial charge is 0.444 e. The van der Waals surface area contributed by atoms with Gasteiger partial charge in [-0.15, -0.1) is 0 Å². The Hall–Kier alpha value is -2.23. The first-order chi connectivity index (χ1) is 12.9. The molecule has 1 saturated heterocycles. The number of nitrogens with one attached hydrogen (secondary N) is 1. The third-order valence-corrected chi connectivity index (χ3v) is 4.70. The van der Waals surface area contributed by atoms with Gasteiger partial charge in [0.15, 0.2) is 0 Å². The monoisotopic (exact) mass is 399 g/mol. The molecule has 1 atom stereocenters.